The van der Waals surface area contributed by atoms with Crippen LogP contribution in [-0.4, -0.2) is 37.3 Å². The SMILES string of the molecule is COc1cc(CC2CCNCC2)nc(OC)n1. The number of nitrogens with one attached hydrogen (secondary N) is 1. The van der Waals surface area contributed by atoms with Gasteiger partial charge in [-0.3, -0.25) is 0 Å². The molecule has 1 aromatic heterocycles. The van der Waals surface area contributed by atoms with Crippen molar-refractivity contribution in [3.8, 4) is 11.9 Å². The molecule has 0 unspecified atom stereocenters. The van der Waals surface area contributed by atoms with Crippen molar-refractivity contribution < 1.29 is 9.47 Å². The van der Waals surface area contributed by atoms with Crippen LogP contribution in [0.3, 0.4) is 0 Å². The van der Waals surface area contributed by atoms with Crippen molar-refractivity contribution in [1.29, 1.82) is 0 Å². The van der Waals surface area contributed by atoms with Crippen molar-refractivity contribution in [2.24, 2.45) is 5.92 Å². The van der Waals surface area contributed by atoms with E-state index in [1.807, 2.05) is 6.07 Å². The van der Waals surface area contributed by atoms with Crippen LogP contribution in [0.5, 0.6) is 11.9 Å². The van der Waals surface area contributed by atoms with E-state index in [0.29, 0.717) is 17.8 Å². The van der Waals surface area contributed by atoms with Gasteiger partial charge in [-0.1, -0.05) is 0 Å². The van der Waals surface area contributed by atoms with Gasteiger partial charge < -0.3 is 14.8 Å². The Bertz CT molecular complexity index is 343. The van der Waals surface area contributed by atoms with Crippen LogP contribution < -0.4 is 14.8 Å². The molecule has 0 amide bonds. The summed E-state index contributed by atoms with van der Waals surface area (Å²) in [5.74, 6) is 1.27. The first-order valence-electron chi connectivity index (χ1n) is 5.98. The molecule has 0 aromatic carbocycles. The second-order valence-corrected chi connectivity index (χ2v) is 4.29. The highest BCUT2D eigenvalue weighted by atomic mass is 16.5. The molecule has 0 radical (unpaired) electrons. The van der Waals surface area contributed by atoms with E-state index >= 15 is 0 Å². The molecule has 17 heavy (non-hydrogen) atoms. The Morgan fingerprint density at radius 3 is 2.65 bits per heavy atom. The van der Waals surface area contributed by atoms with Crippen molar-refractivity contribution >= 4 is 0 Å². The Labute approximate surface area is 102 Å². The summed E-state index contributed by atoms with van der Waals surface area (Å²) in [5, 5.41) is 3.36. The fraction of sp³-hybridized carbons (Fsp3) is 0.667. The average Bonchev–Trinajstić information content (AvgIpc) is 2.39. The first-order chi connectivity index (χ1) is 8.31. The number of methoxy groups -OCH3 is 2. The normalized spacial score (nSPS) is 16.8. The summed E-state index contributed by atoms with van der Waals surface area (Å²) >= 11 is 0. The van der Waals surface area contributed by atoms with E-state index in [0.717, 1.165) is 25.2 Å². The van der Waals surface area contributed by atoms with Crippen LogP contribution in [0.15, 0.2) is 6.07 Å². The zero-order chi connectivity index (χ0) is 12.1. The van der Waals surface area contributed by atoms with E-state index in [2.05, 4.69) is 15.3 Å². The van der Waals surface area contributed by atoms with Gasteiger partial charge in [0.15, 0.2) is 0 Å². The Morgan fingerprint density at radius 1 is 1.24 bits per heavy atom. The van der Waals surface area contributed by atoms with Gasteiger partial charge in [-0.05, 0) is 38.3 Å². The molecule has 2 heterocycles. The molecule has 1 N–H and O–H groups in total. The van der Waals surface area contributed by atoms with Crippen LogP contribution in [-0.2, 0) is 6.42 Å². The van der Waals surface area contributed by atoms with Crippen LogP contribution in [0.1, 0.15) is 18.5 Å². The zero-order valence-corrected chi connectivity index (χ0v) is 10.4. The summed E-state index contributed by atoms with van der Waals surface area (Å²) in [5.41, 5.74) is 1.00. The standard InChI is InChI=1S/C12H19N3O2/c1-16-11-8-10(14-12(15-11)17-2)7-9-3-5-13-6-4-9/h8-9,13H,3-7H2,1-2H3. The number of rotatable bonds is 4. The fourth-order valence-corrected chi connectivity index (χ4v) is 2.13. The van der Waals surface area contributed by atoms with E-state index in [1.165, 1.54) is 12.8 Å². The zero-order valence-electron chi connectivity index (χ0n) is 10.4. The predicted octanol–water partition coefficient (Wildman–Crippen LogP) is 1.04. The van der Waals surface area contributed by atoms with Crippen LogP contribution >= 0.6 is 0 Å². The van der Waals surface area contributed by atoms with Crippen LogP contribution in [0.25, 0.3) is 0 Å². The van der Waals surface area contributed by atoms with Crippen LogP contribution in [0.2, 0.25) is 0 Å². The largest absolute Gasteiger partial charge is 0.481 e. The molecule has 1 fully saturated rings. The lowest BCUT2D eigenvalue weighted by Gasteiger charge is -2.22. The summed E-state index contributed by atoms with van der Waals surface area (Å²) in [6, 6.07) is 2.28. The monoisotopic (exact) mass is 237 g/mol. The first-order valence-corrected chi connectivity index (χ1v) is 5.98. The lowest BCUT2D eigenvalue weighted by molar-refractivity contribution is 0.341. The Kier molecular flexibility index (Phi) is 4.14. The minimum absolute atomic E-state index is 0.383. The van der Waals surface area contributed by atoms with Gasteiger partial charge in [0.25, 0.3) is 0 Å². The Balaban J connectivity index is 2.07. The molecule has 5 heteroatoms. The maximum Gasteiger partial charge on any atom is 0.319 e. The molecule has 0 saturated carbocycles. The van der Waals surface area contributed by atoms with Gasteiger partial charge in [0.2, 0.25) is 5.88 Å². The van der Waals surface area contributed by atoms with E-state index in [9.17, 15) is 0 Å². The lowest BCUT2D eigenvalue weighted by Crippen LogP contribution is -2.28. The van der Waals surface area contributed by atoms with Gasteiger partial charge in [0, 0.05) is 6.07 Å². The maximum absolute atomic E-state index is 5.14. The molecule has 1 aromatic rings. The van der Waals surface area contributed by atoms with Gasteiger partial charge in [-0.25, -0.2) is 4.98 Å². The van der Waals surface area contributed by atoms with Gasteiger partial charge in [0.1, 0.15) is 0 Å². The van der Waals surface area contributed by atoms with Gasteiger partial charge in [-0.2, -0.15) is 4.98 Å². The smallest absolute Gasteiger partial charge is 0.319 e. The molecule has 2 rings (SSSR count). The van der Waals surface area contributed by atoms with Crippen molar-refractivity contribution in [2.75, 3.05) is 27.3 Å². The van der Waals surface area contributed by atoms with E-state index in [1.54, 1.807) is 14.2 Å². The third kappa shape index (κ3) is 3.30. The summed E-state index contributed by atoms with van der Waals surface area (Å²) in [6.07, 6.45) is 3.38. The molecule has 0 spiro atoms. The third-order valence-electron chi connectivity index (χ3n) is 3.08. The van der Waals surface area contributed by atoms with Crippen LogP contribution in [0.4, 0.5) is 0 Å². The van der Waals surface area contributed by atoms with Crippen LogP contribution in [0, 0.1) is 5.92 Å². The highest BCUT2D eigenvalue weighted by molar-refractivity contribution is 5.19. The molecule has 1 aliphatic rings. The highest BCUT2D eigenvalue weighted by Crippen LogP contribution is 2.20. The minimum atomic E-state index is 0.383. The molecular weight excluding hydrogens is 218 g/mol. The molecule has 5 nitrogen and oxygen atoms in total. The fourth-order valence-electron chi connectivity index (χ4n) is 2.13. The van der Waals surface area contributed by atoms with E-state index in [-0.39, 0.29) is 0 Å². The topological polar surface area (TPSA) is 56.3 Å². The Morgan fingerprint density at radius 2 is 2.00 bits per heavy atom. The molecule has 1 aliphatic heterocycles. The third-order valence-corrected chi connectivity index (χ3v) is 3.08. The minimum Gasteiger partial charge on any atom is -0.481 e. The highest BCUT2D eigenvalue weighted by Gasteiger charge is 2.15. The molecule has 0 atom stereocenters. The Hall–Kier alpha value is -1.36. The molecule has 0 bridgehead atoms. The average molecular weight is 237 g/mol. The van der Waals surface area contributed by atoms with Gasteiger partial charge >= 0.3 is 6.01 Å². The maximum atomic E-state index is 5.14. The van der Waals surface area contributed by atoms with Crippen molar-refractivity contribution in [1.82, 2.24) is 15.3 Å². The van der Waals surface area contributed by atoms with E-state index in [4.69, 9.17) is 9.47 Å². The molecule has 1 saturated heterocycles. The predicted molar refractivity (Wildman–Crippen MR) is 64.4 cm³/mol. The molecular formula is C12H19N3O2. The lowest BCUT2D eigenvalue weighted by atomic mass is 9.93. The number of aromatic nitrogens is 2. The van der Waals surface area contributed by atoms with Gasteiger partial charge in [0.05, 0.1) is 19.9 Å². The molecule has 94 valence electrons. The molecule has 0 aliphatic carbocycles. The summed E-state index contributed by atoms with van der Waals surface area (Å²) in [6.45, 7) is 2.20. The first kappa shape index (κ1) is 12.1. The van der Waals surface area contributed by atoms with Crippen molar-refractivity contribution in [3.63, 3.8) is 0 Å². The number of hydrogen-bond acceptors (Lipinski definition) is 5. The summed E-state index contributed by atoms with van der Waals surface area (Å²) < 4.78 is 10.2. The van der Waals surface area contributed by atoms with Crippen molar-refractivity contribution in [3.05, 3.63) is 11.8 Å². The van der Waals surface area contributed by atoms with Gasteiger partial charge in [-0.15, -0.1) is 0 Å². The number of hydrogen-bond donors (Lipinski definition) is 1. The number of ether oxygens (including phenoxy) is 2. The summed E-state index contributed by atoms with van der Waals surface area (Å²) in [4.78, 5) is 8.46. The number of piperidine rings is 1. The van der Waals surface area contributed by atoms with E-state index < -0.39 is 0 Å². The summed E-state index contributed by atoms with van der Waals surface area (Å²) in [7, 11) is 3.18. The van der Waals surface area contributed by atoms with Crippen molar-refractivity contribution in [2.45, 2.75) is 19.3 Å². The second-order valence-electron chi connectivity index (χ2n) is 4.29. The number of nitrogens with zero attached hydrogens (tertiary/aromatic N) is 2. The quantitative estimate of drug-likeness (QED) is 0.847. The second kappa shape index (κ2) is 5.82.